The summed E-state index contributed by atoms with van der Waals surface area (Å²) in [6.07, 6.45) is 0. The van der Waals surface area contributed by atoms with Gasteiger partial charge in [0.2, 0.25) is 0 Å². The minimum absolute atomic E-state index is 0.510. The summed E-state index contributed by atoms with van der Waals surface area (Å²) in [4.78, 5) is 0. The fourth-order valence-electron chi connectivity index (χ4n) is 3.57. The molecule has 0 amide bonds. The van der Waals surface area contributed by atoms with E-state index in [9.17, 15) is 0 Å². The number of anilines is 2. The lowest BCUT2D eigenvalue weighted by Crippen LogP contribution is -2.53. The van der Waals surface area contributed by atoms with E-state index in [1.54, 1.807) is 0 Å². The molecular weight excluding hydrogens is 328 g/mol. The van der Waals surface area contributed by atoms with Crippen LogP contribution in [0.2, 0.25) is 0 Å². The van der Waals surface area contributed by atoms with Crippen molar-refractivity contribution in [3.05, 3.63) is 121 Å². The van der Waals surface area contributed by atoms with Crippen molar-refractivity contribution in [3.8, 4) is 0 Å². The van der Waals surface area contributed by atoms with Gasteiger partial charge in [-0.05, 0) is 24.3 Å². The van der Waals surface area contributed by atoms with Crippen molar-refractivity contribution >= 4 is 22.7 Å². The Morgan fingerprint density at radius 3 is 1.07 bits per heavy atom. The number of hydrogen-bond donors (Lipinski definition) is 0. The highest BCUT2D eigenvalue weighted by molar-refractivity contribution is 5.73. The monoisotopic (exact) mass is 351 g/mol. The molecule has 27 heavy (non-hydrogen) atoms. The molecule has 0 bridgehead atoms. The first kappa shape index (κ1) is 17.1. The highest BCUT2D eigenvalue weighted by atomic mass is 15.7. The molecule has 0 fully saturated rings. The average molecular weight is 351 g/mol. The number of benzene rings is 4. The third-order valence-corrected chi connectivity index (χ3v) is 4.92. The topological polar surface area (TPSA) is 3.24 Å². The molecule has 0 aliphatic heterocycles. The molecule has 0 unspecified atom stereocenters. The van der Waals surface area contributed by atoms with Crippen LogP contribution < -0.4 is 9.60 Å². The van der Waals surface area contributed by atoms with Crippen LogP contribution in [0.1, 0.15) is 0 Å². The summed E-state index contributed by atoms with van der Waals surface area (Å²) < 4.78 is 0.510. The molecule has 0 N–H and O–H groups in total. The van der Waals surface area contributed by atoms with Crippen LogP contribution in [-0.4, -0.2) is 7.05 Å². The predicted octanol–water partition coefficient (Wildman–Crippen LogP) is 6.71. The standard InChI is InChI=1S/C25H23N2/c1-27(24-18-10-4-11-19-24,25-20-12-5-13-21-25)26(22-14-6-2-7-15-22)23-16-8-3-9-17-23/h2-21H,1H3/q+1. The summed E-state index contributed by atoms with van der Waals surface area (Å²) in [7, 11) is 2.24. The third kappa shape index (κ3) is 3.23. The first-order valence-corrected chi connectivity index (χ1v) is 9.18. The molecule has 2 nitrogen and oxygen atoms in total. The van der Waals surface area contributed by atoms with Crippen molar-refractivity contribution in [1.29, 1.82) is 0 Å². The number of nitrogens with zero attached hydrogens (tertiary/aromatic N) is 2. The fraction of sp³-hybridized carbons (Fsp3) is 0.0400. The largest absolute Gasteiger partial charge is 0.182 e. The lowest BCUT2D eigenvalue weighted by molar-refractivity contribution is 0.466. The Morgan fingerprint density at radius 2 is 0.741 bits per heavy atom. The summed E-state index contributed by atoms with van der Waals surface area (Å²) >= 11 is 0. The molecule has 0 radical (unpaired) electrons. The third-order valence-electron chi connectivity index (χ3n) is 4.92. The lowest BCUT2D eigenvalue weighted by atomic mass is 10.2. The normalized spacial score (nSPS) is 11.1. The molecule has 0 heterocycles. The van der Waals surface area contributed by atoms with Crippen molar-refractivity contribution in [3.63, 3.8) is 0 Å². The van der Waals surface area contributed by atoms with E-state index in [1.807, 2.05) is 0 Å². The van der Waals surface area contributed by atoms with Crippen LogP contribution >= 0.6 is 0 Å². The van der Waals surface area contributed by atoms with E-state index in [1.165, 1.54) is 11.4 Å². The fourth-order valence-corrected chi connectivity index (χ4v) is 3.57. The minimum atomic E-state index is 0.510. The van der Waals surface area contributed by atoms with Crippen LogP contribution in [0.25, 0.3) is 0 Å². The number of para-hydroxylation sites is 4. The van der Waals surface area contributed by atoms with Gasteiger partial charge in [-0.3, -0.25) is 0 Å². The second-order valence-electron chi connectivity index (χ2n) is 6.61. The van der Waals surface area contributed by atoms with Crippen LogP contribution in [0.3, 0.4) is 0 Å². The van der Waals surface area contributed by atoms with Gasteiger partial charge in [-0.25, -0.2) is 0 Å². The SMILES string of the molecule is C[N+](c1ccccc1)(c1ccccc1)N(c1ccccc1)c1ccccc1. The van der Waals surface area contributed by atoms with Crippen LogP contribution in [0.15, 0.2) is 121 Å². The Bertz CT molecular complexity index is 889. The maximum atomic E-state index is 2.37. The van der Waals surface area contributed by atoms with E-state index < -0.39 is 0 Å². The Kier molecular flexibility index (Phi) is 4.73. The van der Waals surface area contributed by atoms with Gasteiger partial charge in [-0.15, -0.1) is 0 Å². The van der Waals surface area contributed by atoms with Gasteiger partial charge in [0.05, 0.1) is 11.4 Å². The second-order valence-corrected chi connectivity index (χ2v) is 6.61. The highest BCUT2D eigenvalue weighted by Gasteiger charge is 2.37. The Balaban J connectivity index is 2.01. The Morgan fingerprint density at radius 1 is 0.444 bits per heavy atom. The molecule has 2 heteroatoms. The number of quaternary nitrogens is 1. The van der Waals surface area contributed by atoms with Crippen molar-refractivity contribution in [2.45, 2.75) is 0 Å². The van der Waals surface area contributed by atoms with E-state index in [-0.39, 0.29) is 0 Å². The molecule has 4 rings (SSSR count). The lowest BCUT2D eigenvalue weighted by Gasteiger charge is -2.43. The van der Waals surface area contributed by atoms with Gasteiger partial charge in [0, 0.05) is 24.3 Å². The zero-order valence-electron chi connectivity index (χ0n) is 15.4. The van der Waals surface area contributed by atoms with Crippen molar-refractivity contribution < 1.29 is 0 Å². The van der Waals surface area contributed by atoms with Gasteiger partial charge in [0.25, 0.3) is 0 Å². The van der Waals surface area contributed by atoms with Gasteiger partial charge in [0.1, 0.15) is 7.05 Å². The summed E-state index contributed by atoms with van der Waals surface area (Å²) in [6.45, 7) is 0. The molecule has 0 atom stereocenters. The summed E-state index contributed by atoms with van der Waals surface area (Å²) in [5.74, 6) is 0. The van der Waals surface area contributed by atoms with E-state index in [0.717, 1.165) is 11.4 Å². The quantitative estimate of drug-likeness (QED) is 0.285. The molecule has 0 aromatic heterocycles. The molecule has 132 valence electrons. The first-order chi connectivity index (χ1) is 13.3. The molecule has 0 spiro atoms. The van der Waals surface area contributed by atoms with Crippen molar-refractivity contribution in [2.75, 3.05) is 12.1 Å². The molecule has 4 aromatic rings. The number of hydrogen-bond acceptors (Lipinski definition) is 1. The Labute approximate surface area is 161 Å². The van der Waals surface area contributed by atoms with Gasteiger partial charge >= 0.3 is 0 Å². The maximum Gasteiger partial charge on any atom is 0.162 e. The molecule has 0 aliphatic rings. The van der Waals surface area contributed by atoms with E-state index in [2.05, 4.69) is 133 Å². The van der Waals surface area contributed by atoms with Gasteiger partial charge in [-0.1, -0.05) is 72.8 Å². The molecule has 4 aromatic carbocycles. The molecular formula is C25H23N2+. The van der Waals surface area contributed by atoms with Crippen LogP contribution in [0, 0.1) is 0 Å². The minimum Gasteiger partial charge on any atom is -0.182 e. The maximum absolute atomic E-state index is 2.37. The summed E-state index contributed by atoms with van der Waals surface area (Å²) in [5.41, 5.74) is 4.66. The summed E-state index contributed by atoms with van der Waals surface area (Å²) in [5, 5.41) is 2.37. The van der Waals surface area contributed by atoms with E-state index >= 15 is 0 Å². The zero-order chi connectivity index (χ0) is 18.5. The van der Waals surface area contributed by atoms with Gasteiger partial charge < -0.3 is 0 Å². The van der Waals surface area contributed by atoms with E-state index in [4.69, 9.17) is 0 Å². The smallest absolute Gasteiger partial charge is 0.162 e. The van der Waals surface area contributed by atoms with Crippen LogP contribution in [-0.2, 0) is 0 Å². The first-order valence-electron chi connectivity index (χ1n) is 9.18. The highest BCUT2D eigenvalue weighted by Crippen LogP contribution is 2.41. The second kappa shape index (κ2) is 7.48. The van der Waals surface area contributed by atoms with E-state index in [0.29, 0.717) is 4.59 Å². The van der Waals surface area contributed by atoms with Crippen molar-refractivity contribution in [2.24, 2.45) is 0 Å². The van der Waals surface area contributed by atoms with Crippen LogP contribution in [0.4, 0.5) is 22.7 Å². The molecule has 0 saturated heterocycles. The van der Waals surface area contributed by atoms with Gasteiger partial charge in [0.15, 0.2) is 11.4 Å². The van der Waals surface area contributed by atoms with Crippen molar-refractivity contribution in [1.82, 2.24) is 4.59 Å². The Hall–Kier alpha value is -3.36. The predicted molar refractivity (Wildman–Crippen MR) is 115 cm³/mol. The molecule has 0 saturated carbocycles. The van der Waals surface area contributed by atoms with Crippen LogP contribution in [0.5, 0.6) is 0 Å². The van der Waals surface area contributed by atoms with Gasteiger partial charge in [-0.2, -0.15) is 9.60 Å². The summed E-state index contributed by atoms with van der Waals surface area (Å²) in [6, 6.07) is 42.4. The zero-order valence-corrected chi connectivity index (χ0v) is 15.4. The molecule has 0 aliphatic carbocycles. The number of rotatable bonds is 5. The average Bonchev–Trinajstić information content (AvgIpc) is 2.76.